The lowest BCUT2D eigenvalue weighted by Gasteiger charge is -2.02. The molecule has 0 fully saturated rings. The Balaban J connectivity index is 3.23. The average Bonchev–Trinajstić information content (AvgIpc) is 2.05. The zero-order valence-electron chi connectivity index (χ0n) is 6.33. The lowest BCUT2D eigenvalue weighted by Crippen LogP contribution is -1.93. The smallest absolute Gasteiger partial charge is 0.0699 e. The van der Waals surface area contributed by atoms with E-state index in [-0.39, 0.29) is 6.61 Å². The van der Waals surface area contributed by atoms with Crippen molar-refractivity contribution in [3.05, 3.63) is 29.1 Å². The van der Waals surface area contributed by atoms with Crippen LogP contribution in [0.3, 0.4) is 0 Å². The highest BCUT2D eigenvalue weighted by Crippen LogP contribution is 2.09. The van der Waals surface area contributed by atoms with E-state index in [1.54, 1.807) is 12.4 Å². The zero-order valence-corrected chi connectivity index (χ0v) is 6.33. The molecule has 1 aromatic heterocycles. The Kier molecular flexibility index (Phi) is 2.25. The standard InChI is InChI=1S/C9H9NO/c1-3-8-4-10-5-9(6-11)7(8)2/h1,4-5,11H,6H2,2H3. The molecule has 1 rings (SSSR count). The molecule has 1 N–H and O–H groups in total. The third-order valence-electron chi connectivity index (χ3n) is 1.65. The summed E-state index contributed by atoms with van der Waals surface area (Å²) in [6, 6.07) is 0. The highest BCUT2D eigenvalue weighted by atomic mass is 16.3. The first kappa shape index (κ1) is 7.77. The molecule has 0 aromatic carbocycles. The quantitative estimate of drug-likeness (QED) is 0.598. The largest absolute Gasteiger partial charge is 0.392 e. The van der Waals surface area contributed by atoms with Gasteiger partial charge in [-0.2, -0.15) is 0 Å². The van der Waals surface area contributed by atoms with Crippen LogP contribution < -0.4 is 0 Å². The Bertz CT molecular complexity index is 299. The molecule has 0 saturated heterocycles. The van der Waals surface area contributed by atoms with Crippen molar-refractivity contribution in [2.45, 2.75) is 13.5 Å². The molecule has 0 atom stereocenters. The summed E-state index contributed by atoms with van der Waals surface area (Å²) in [6.45, 7) is 1.87. The van der Waals surface area contributed by atoms with Crippen molar-refractivity contribution < 1.29 is 5.11 Å². The third kappa shape index (κ3) is 1.39. The first-order valence-electron chi connectivity index (χ1n) is 3.30. The SMILES string of the molecule is C#Cc1cncc(CO)c1C. The fraction of sp³-hybridized carbons (Fsp3) is 0.222. The second-order valence-corrected chi connectivity index (χ2v) is 2.27. The van der Waals surface area contributed by atoms with Crippen LogP contribution in [0.2, 0.25) is 0 Å². The van der Waals surface area contributed by atoms with Crippen molar-refractivity contribution in [3.63, 3.8) is 0 Å². The van der Waals surface area contributed by atoms with Crippen LogP contribution in [0.1, 0.15) is 16.7 Å². The number of aromatic nitrogens is 1. The monoisotopic (exact) mass is 147 g/mol. The van der Waals surface area contributed by atoms with E-state index in [4.69, 9.17) is 11.5 Å². The van der Waals surface area contributed by atoms with Gasteiger partial charge in [-0.15, -0.1) is 6.42 Å². The predicted octanol–water partition coefficient (Wildman–Crippen LogP) is 0.864. The van der Waals surface area contributed by atoms with Crippen LogP contribution in [0.25, 0.3) is 0 Å². The minimum atomic E-state index is -0.00560. The maximum atomic E-state index is 8.83. The van der Waals surface area contributed by atoms with E-state index in [0.29, 0.717) is 0 Å². The van der Waals surface area contributed by atoms with Gasteiger partial charge in [-0.25, -0.2) is 0 Å². The van der Waals surface area contributed by atoms with Gasteiger partial charge in [-0.1, -0.05) is 5.92 Å². The molecule has 2 heteroatoms. The molecule has 1 heterocycles. The molecule has 1 aromatic rings. The molecule has 0 bridgehead atoms. The van der Waals surface area contributed by atoms with Gasteiger partial charge in [-0.3, -0.25) is 4.98 Å². The second-order valence-electron chi connectivity index (χ2n) is 2.27. The van der Waals surface area contributed by atoms with E-state index in [2.05, 4.69) is 10.9 Å². The van der Waals surface area contributed by atoms with E-state index >= 15 is 0 Å². The summed E-state index contributed by atoms with van der Waals surface area (Å²) in [5.41, 5.74) is 2.47. The summed E-state index contributed by atoms with van der Waals surface area (Å²) in [5.74, 6) is 2.50. The van der Waals surface area contributed by atoms with E-state index < -0.39 is 0 Å². The third-order valence-corrected chi connectivity index (χ3v) is 1.65. The normalized spacial score (nSPS) is 9.18. The van der Waals surface area contributed by atoms with E-state index in [1.807, 2.05) is 6.92 Å². The van der Waals surface area contributed by atoms with Crippen LogP contribution in [-0.2, 0) is 6.61 Å². The summed E-state index contributed by atoms with van der Waals surface area (Å²) >= 11 is 0. The number of terminal acetylenes is 1. The van der Waals surface area contributed by atoms with Crippen molar-refractivity contribution in [2.24, 2.45) is 0 Å². The Morgan fingerprint density at radius 3 is 2.91 bits per heavy atom. The molecule has 0 aliphatic rings. The zero-order chi connectivity index (χ0) is 8.27. The molecule has 0 amide bonds. The van der Waals surface area contributed by atoms with Crippen molar-refractivity contribution >= 4 is 0 Å². The molecular weight excluding hydrogens is 138 g/mol. The van der Waals surface area contributed by atoms with Gasteiger partial charge >= 0.3 is 0 Å². The molecule has 0 radical (unpaired) electrons. The average molecular weight is 147 g/mol. The molecule has 0 aliphatic carbocycles. The summed E-state index contributed by atoms with van der Waals surface area (Å²) in [4.78, 5) is 3.88. The van der Waals surface area contributed by atoms with Crippen LogP contribution in [0.15, 0.2) is 12.4 Å². The number of nitrogens with zero attached hydrogens (tertiary/aromatic N) is 1. The molecule has 56 valence electrons. The summed E-state index contributed by atoms with van der Waals surface area (Å²) in [6.07, 6.45) is 8.44. The molecular formula is C9H9NO. The van der Waals surface area contributed by atoms with Crippen LogP contribution in [0.4, 0.5) is 0 Å². The van der Waals surface area contributed by atoms with Gasteiger partial charge in [0, 0.05) is 18.0 Å². The Labute approximate surface area is 65.9 Å². The van der Waals surface area contributed by atoms with E-state index in [1.165, 1.54) is 0 Å². The number of hydrogen-bond acceptors (Lipinski definition) is 2. The van der Waals surface area contributed by atoms with Gasteiger partial charge in [0.15, 0.2) is 0 Å². The van der Waals surface area contributed by atoms with Crippen LogP contribution in [-0.4, -0.2) is 10.1 Å². The number of aliphatic hydroxyl groups is 1. The van der Waals surface area contributed by atoms with Crippen LogP contribution in [0, 0.1) is 19.3 Å². The lowest BCUT2D eigenvalue weighted by atomic mass is 10.1. The molecule has 0 aliphatic heterocycles. The molecule has 11 heavy (non-hydrogen) atoms. The highest BCUT2D eigenvalue weighted by molar-refractivity contribution is 5.40. The van der Waals surface area contributed by atoms with Crippen molar-refractivity contribution in [1.82, 2.24) is 4.98 Å². The number of hydrogen-bond donors (Lipinski definition) is 1. The van der Waals surface area contributed by atoms with Gasteiger partial charge in [0.2, 0.25) is 0 Å². The van der Waals surface area contributed by atoms with E-state index in [0.717, 1.165) is 16.7 Å². The first-order chi connectivity index (χ1) is 5.29. The molecule has 2 nitrogen and oxygen atoms in total. The lowest BCUT2D eigenvalue weighted by molar-refractivity contribution is 0.280. The number of rotatable bonds is 1. The fourth-order valence-corrected chi connectivity index (χ4v) is 0.873. The fourth-order valence-electron chi connectivity index (χ4n) is 0.873. The Hall–Kier alpha value is -1.33. The second kappa shape index (κ2) is 3.18. The van der Waals surface area contributed by atoms with Gasteiger partial charge in [0.05, 0.1) is 6.61 Å². The van der Waals surface area contributed by atoms with Gasteiger partial charge in [0.25, 0.3) is 0 Å². The van der Waals surface area contributed by atoms with Crippen LogP contribution in [0.5, 0.6) is 0 Å². The topological polar surface area (TPSA) is 33.1 Å². The minimum absolute atomic E-state index is 0.00560. The van der Waals surface area contributed by atoms with Gasteiger partial charge in [-0.05, 0) is 18.1 Å². The van der Waals surface area contributed by atoms with Crippen molar-refractivity contribution in [1.29, 1.82) is 0 Å². The van der Waals surface area contributed by atoms with Crippen LogP contribution >= 0.6 is 0 Å². The molecule has 0 saturated carbocycles. The number of aliphatic hydroxyl groups excluding tert-OH is 1. The van der Waals surface area contributed by atoms with Crippen molar-refractivity contribution in [2.75, 3.05) is 0 Å². The molecule has 0 unspecified atom stereocenters. The summed E-state index contributed by atoms with van der Waals surface area (Å²) in [5, 5.41) is 8.83. The first-order valence-corrected chi connectivity index (χ1v) is 3.30. The van der Waals surface area contributed by atoms with E-state index in [9.17, 15) is 0 Å². The Morgan fingerprint density at radius 2 is 2.36 bits per heavy atom. The van der Waals surface area contributed by atoms with Crippen molar-refractivity contribution in [3.8, 4) is 12.3 Å². The predicted molar refractivity (Wildman–Crippen MR) is 42.8 cm³/mol. The highest BCUT2D eigenvalue weighted by Gasteiger charge is 1.99. The summed E-state index contributed by atoms with van der Waals surface area (Å²) in [7, 11) is 0. The van der Waals surface area contributed by atoms with Gasteiger partial charge in [0.1, 0.15) is 0 Å². The molecule has 0 spiro atoms. The van der Waals surface area contributed by atoms with Gasteiger partial charge < -0.3 is 5.11 Å². The Morgan fingerprint density at radius 1 is 1.64 bits per heavy atom. The maximum absolute atomic E-state index is 8.83. The number of pyridine rings is 1. The summed E-state index contributed by atoms with van der Waals surface area (Å²) < 4.78 is 0. The maximum Gasteiger partial charge on any atom is 0.0699 e. The minimum Gasteiger partial charge on any atom is -0.392 e.